The molecule has 2 aliphatic heterocycles. The third kappa shape index (κ3) is 3.82. The highest BCUT2D eigenvalue weighted by atomic mass is 16.5. The summed E-state index contributed by atoms with van der Waals surface area (Å²) in [6.45, 7) is 6.56. The quantitative estimate of drug-likeness (QED) is 0.485. The van der Waals surface area contributed by atoms with Crippen LogP contribution in [0.25, 0.3) is 0 Å². The molecule has 2 N–H and O–H groups in total. The lowest BCUT2D eigenvalue weighted by Crippen LogP contribution is -2.39. The zero-order chi connectivity index (χ0) is 7.07. The van der Waals surface area contributed by atoms with Gasteiger partial charge in [-0.3, -0.25) is 0 Å². The Morgan fingerprint density at radius 2 is 1.10 bits per heavy atom. The van der Waals surface area contributed by atoms with Crippen molar-refractivity contribution in [3.05, 3.63) is 0 Å². The second-order valence-electron chi connectivity index (χ2n) is 2.47. The first-order valence-electron chi connectivity index (χ1n) is 3.99. The van der Waals surface area contributed by atoms with Crippen LogP contribution in [0.1, 0.15) is 6.42 Å². The van der Waals surface area contributed by atoms with Crippen molar-refractivity contribution < 1.29 is 4.74 Å². The third-order valence-electron chi connectivity index (χ3n) is 1.53. The van der Waals surface area contributed by atoms with Crippen molar-refractivity contribution in [1.29, 1.82) is 0 Å². The molecule has 0 spiro atoms. The Kier molecular flexibility index (Phi) is 4.51. The molecule has 2 saturated heterocycles. The van der Waals surface area contributed by atoms with E-state index in [1.165, 1.54) is 6.42 Å². The van der Waals surface area contributed by atoms with Gasteiger partial charge < -0.3 is 15.4 Å². The van der Waals surface area contributed by atoms with E-state index in [2.05, 4.69) is 10.6 Å². The van der Waals surface area contributed by atoms with Gasteiger partial charge in [-0.15, -0.1) is 0 Å². The van der Waals surface area contributed by atoms with E-state index in [1.54, 1.807) is 0 Å². The first kappa shape index (κ1) is 7.98. The van der Waals surface area contributed by atoms with Crippen LogP contribution in [-0.2, 0) is 4.74 Å². The Hall–Kier alpha value is -0.120. The lowest BCUT2D eigenvalue weighted by atomic mass is 10.4. The second-order valence-corrected chi connectivity index (χ2v) is 2.47. The van der Waals surface area contributed by atoms with Crippen LogP contribution >= 0.6 is 0 Å². The van der Waals surface area contributed by atoms with Gasteiger partial charge in [0.1, 0.15) is 0 Å². The summed E-state index contributed by atoms with van der Waals surface area (Å²) in [6, 6.07) is 0. The van der Waals surface area contributed by atoms with Crippen molar-refractivity contribution in [3.8, 4) is 0 Å². The van der Waals surface area contributed by atoms with Crippen LogP contribution in [0.15, 0.2) is 0 Å². The van der Waals surface area contributed by atoms with E-state index in [9.17, 15) is 0 Å². The first-order chi connectivity index (χ1) is 5.00. The van der Waals surface area contributed by atoms with Crippen molar-refractivity contribution in [3.63, 3.8) is 0 Å². The first-order valence-corrected chi connectivity index (χ1v) is 3.99. The van der Waals surface area contributed by atoms with E-state index in [4.69, 9.17) is 4.74 Å². The molecule has 3 heteroatoms. The summed E-state index contributed by atoms with van der Waals surface area (Å²) < 4.78 is 4.72. The predicted octanol–water partition coefficient (Wildman–Crippen LogP) is -0.414. The second kappa shape index (κ2) is 5.65. The van der Waals surface area contributed by atoms with Crippen LogP contribution < -0.4 is 10.6 Å². The number of nitrogens with one attached hydrogen (secondary N) is 2. The van der Waals surface area contributed by atoms with Gasteiger partial charge in [-0.05, 0) is 6.42 Å². The molecule has 0 bridgehead atoms. The fourth-order valence-corrected chi connectivity index (χ4v) is 0.748. The van der Waals surface area contributed by atoms with Crippen LogP contribution in [0.2, 0.25) is 0 Å². The van der Waals surface area contributed by atoms with Gasteiger partial charge in [0.15, 0.2) is 0 Å². The molecule has 2 heterocycles. The molecule has 0 aromatic rings. The summed E-state index contributed by atoms with van der Waals surface area (Å²) in [5.41, 5.74) is 0. The molecule has 0 atom stereocenters. The summed E-state index contributed by atoms with van der Waals surface area (Å²) in [7, 11) is 0. The Morgan fingerprint density at radius 1 is 0.800 bits per heavy atom. The monoisotopic (exact) mass is 144 g/mol. The topological polar surface area (TPSA) is 33.3 Å². The van der Waals surface area contributed by atoms with Crippen molar-refractivity contribution in [2.24, 2.45) is 0 Å². The molecular weight excluding hydrogens is 128 g/mol. The highest BCUT2D eigenvalue weighted by Crippen LogP contribution is 1.93. The van der Waals surface area contributed by atoms with Crippen molar-refractivity contribution in [1.82, 2.24) is 10.6 Å². The van der Waals surface area contributed by atoms with Gasteiger partial charge in [0.25, 0.3) is 0 Å². The Labute approximate surface area is 62.1 Å². The predicted molar refractivity (Wildman–Crippen MR) is 41.2 cm³/mol. The fourth-order valence-electron chi connectivity index (χ4n) is 0.748. The number of hydrogen-bond acceptors (Lipinski definition) is 3. The normalized spacial score (nSPS) is 24.0. The molecule has 3 nitrogen and oxygen atoms in total. The summed E-state index contributed by atoms with van der Waals surface area (Å²) >= 11 is 0. The summed E-state index contributed by atoms with van der Waals surface area (Å²) in [5.74, 6) is 0. The average Bonchev–Trinajstić information content (AvgIpc) is 1.88. The van der Waals surface area contributed by atoms with Crippen LogP contribution in [0.4, 0.5) is 0 Å². The van der Waals surface area contributed by atoms with Crippen LogP contribution in [0, 0.1) is 0 Å². The number of piperazine rings is 1. The molecule has 2 fully saturated rings. The largest absolute Gasteiger partial charge is 0.381 e. The molecule has 2 aliphatic rings. The third-order valence-corrected chi connectivity index (χ3v) is 1.53. The van der Waals surface area contributed by atoms with Gasteiger partial charge in [0.05, 0.1) is 0 Å². The minimum Gasteiger partial charge on any atom is -0.381 e. The number of ether oxygens (including phenoxy) is 1. The Morgan fingerprint density at radius 3 is 1.20 bits per heavy atom. The summed E-state index contributed by atoms with van der Waals surface area (Å²) in [4.78, 5) is 0. The van der Waals surface area contributed by atoms with Gasteiger partial charge >= 0.3 is 0 Å². The van der Waals surface area contributed by atoms with E-state index in [0.29, 0.717) is 0 Å². The highest BCUT2D eigenvalue weighted by Gasteiger charge is 1.94. The Bertz CT molecular complexity index is 54.5. The van der Waals surface area contributed by atoms with E-state index in [-0.39, 0.29) is 0 Å². The molecule has 0 aliphatic carbocycles. The lowest BCUT2D eigenvalue weighted by Gasteiger charge is -2.11. The van der Waals surface area contributed by atoms with E-state index >= 15 is 0 Å². The summed E-state index contributed by atoms with van der Waals surface area (Å²) in [5, 5.41) is 6.44. The number of hydrogen-bond donors (Lipinski definition) is 2. The van der Waals surface area contributed by atoms with E-state index < -0.39 is 0 Å². The fraction of sp³-hybridized carbons (Fsp3) is 1.00. The Balaban J connectivity index is 0.000000108. The molecule has 0 radical (unpaired) electrons. The molecule has 0 saturated carbocycles. The molecule has 60 valence electrons. The van der Waals surface area contributed by atoms with Gasteiger partial charge in [0, 0.05) is 39.4 Å². The molecular formula is C7H16N2O. The SMILES string of the molecule is C1CNCCN1.C1COC1. The molecule has 0 amide bonds. The standard InChI is InChI=1S/C4H10N2.C3H6O/c1-2-6-4-3-5-1;1-2-4-3-1/h5-6H,1-4H2;1-3H2. The zero-order valence-electron chi connectivity index (χ0n) is 6.36. The molecule has 0 unspecified atom stereocenters. The van der Waals surface area contributed by atoms with Crippen LogP contribution in [-0.4, -0.2) is 39.4 Å². The van der Waals surface area contributed by atoms with Crippen molar-refractivity contribution >= 4 is 0 Å². The maximum absolute atomic E-state index is 4.72. The maximum atomic E-state index is 4.72. The van der Waals surface area contributed by atoms with Gasteiger partial charge in [-0.1, -0.05) is 0 Å². The highest BCUT2D eigenvalue weighted by molar-refractivity contribution is 4.59. The zero-order valence-corrected chi connectivity index (χ0v) is 6.36. The van der Waals surface area contributed by atoms with Gasteiger partial charge in [-0.25, -0.2) is 0 Å². The summed E-state index contributed by atoms with van der Waals surface area (Å²) in [6.07, 6.45) is 1.28. The average molecular weight is 144 g/mol. The molecule has 2 rings (SSSR count). The van der Waals surface area contributed by atoms with Crippen LogP contribution in [0.3, 0.4) is 0 Å². The van der Waals surface area contributed by atoms with Gasteiger partial charge in [0.2, 0.25) is 0 Å². The number of rotatable bonds is 0. The van der Waals surface area contributed by atoms with E-state index in [0.717, 1.165) is 39.4 Å². The molecule has 0 aromatic carbocycles. The smallest absolute Gasteiger partial charge is 0.0488 e. The molecule has 10 heavy (non-hydrogen) atoms. The molecule has 0 aromatic heterocycles. The van der Waals surface area contributed by atoms with Crippen molar-refractivity contribution in [2.75, 3.05) is 39.4 Å². The van der Waals surface area contributed by atoms with E-state index in [1.807, 2.05) is 0 Å². The van der Waals surface area contributed by atoms with Gasteiger partial charge in [-0.2, -0.15) is 0 Å². The lowest BCUT2D eigenvalue weighted by molar-refractivity contribution is 0.0367. The minimum atomic E-state index is 1.00. The maximum Gasteiger partial charge on any atom is 0.0488 e. The van der Waals surface area contributed by atoms with Crippen LogP contribution in [0.5, 0.6) is 0 Å². The van der Waals surface area contributed by atoms with Crippen molar-refractivity contribution in [2.45, 2.75) is 6.42 Å². The minimum absolute atomic E-state index is 1.00.